The van der Waals surface area contributed by atoms with E-state index in [-0.39, 0.29) is 11.3 Å². The minimum atomic E-state index is -0.594. The van der Waals surface area contributed by atoms with E-state index >= 15 is 0 Å². The van der Waals surface area contributed by atoms with Crippen LogP contribution in [0.1, 0.15) is 28.9 Å². The van der Waals surface area contributed by atoms with E-state index in [1.54, 1.807) is 19.1 Å². The van der Waals surface area contributed by atoms with Gasteiger partial charge in [0.15, 0.2) is 11.6 Å². The Hall–Kier alpha value is -2.43. The van der Waals surface area contributed by atoms with Crippen LogP contribution in [0.4, 0.5) is 8.78 Å². The van der Waals surface area contributed by atoms with Crippen LogP contribution in [0.5, 0.6) is 5.75 Å². The van der Waals surface area contributed by atoms with E-state index in [0.29, 0.717) is 5.56 Å². The molecule has 0 fully saturated rings. The molecule has 21 heavy (non-hydrogen) atoms. The minimum absolute atomic E-state index is 0.0432. The molecule has 0 radical (unpaired) electrons. The maximum absolute atomic E-state index is 13.6. The summed E-state index contributed by atoms with van der Waals surface area (Å²) in [4.78, 5) is 12.0. The van der Waals surface area contributed by atoms with Crippen molar-refractivity contribution in [2.45, 2.75) is 13.0 Å². The highest BCUT2D eigenvalue weighted by molar-refractivity contribution is 5.94. The quantitative estimate of drug-likeness (QED) is 0.936. The van der Waals surface area contributed by atoms with Gasteiger partial charge in [0, 0.05) is 0 Å². The first-order valence-corrected chi connectivity index (χ1v) is 6.41. The zero-order chi connectivity index (χ0) is 15.4. The first-order valence-electron chi connectivity index (χ1n) is 6.41. The number of ether oxygens (including phenoxy) is 1. The summed E-state index contributed by atoms with van der Waals surface area (Å²) in [6.45, 7) is 1.69. The van der Waals surface area contributed by atoms with Gasteiger partial charge in [-0.3, -0.25) is 4.79 Å². The summed E-state index contributed by atoms with van der Waals surface area (Å²) in [5.74, 6) is -1.52. The summed E-state index contributed by atoms with van der Waals surface area (Å²) in [7, 11) is 1.38. The van der Waals surface area contributed by atoms with Crippen LogP contribution < -0.4 is 10.1 Å². The predicted octanol–water partition coefficient (Wildman–Crippen LogP) is 3.46. The van der Waals surface area contributed by atoms with Crippen LogP contribution in [-0.2, 0) is 0 Å². The van der Waals surface area contributed by atoms with Gasteiger partial charge in [0.2, 0.25) is 0 Å². The van der Waals surface area contributed by atoms with Crippen molar-refractivity contribution >= 4 is 5.91 Å². The Balaban J connectivity index is 2.14. The minimum Gasteiger partial charge on any atom is -0.494 e. The third-order valence-corrected chi connectivity index (χ3v) is 3.14. The van der Waals surface area contributed by atoms with Crippen LogP contribution in [0.25, 0.3) is 0 Å². The van der Waals surface area contributed by atoms with Gasteiger partial charge < -0.3 is 10.1 Å². The number of hydrogen-bond acceptors (Lipinski definition) is 2. The van der Waals surface area contributed by atoms with E-state index in [4.69, 9.17) is 4.74 Å². The van der Waals surface area contributed by atoms with Crippen molar-refractivity contribution in [3.05, 3.63) is 65.2 Å². The van der Waals surface area contributed by atoms with Gasteiger partial charge in [-0.05, 0) is 36.8 Å². The number of carbonyl (C=O) groups is 1. The molecule has 0 heterocycles. The summed E-state index contributed by atoms with van der Waals surface area (Å²) in [5.41, 5.74) is 0.524. The monoisotopic (exact) mass is 291 g/mol. The second-order valence-electron chi connectivity index (χ2n) is 4.57. The molecule has 0 saturated carbocycles. The lowest BCUT2D eigenvalue weighted by Gasteiger charge is -2.15. The molecule has 0 spiro atoms. The molecule has 1 amide bonds. The maximum Gasteiger partial charge on any atom is 0.254 e. The van der Waals surface area contributed by atoms with Gasteiger partial charge in [0.05, 0.1) is 18.7 Å². The van der Waals surface area contributed by atoms with Gasteiger partial charge in [-0.2, -0.15) is 0 Å². The maximum atomic E-state index is 13.6. The Kier molecular flexibility index (Phi) is 4.52. The molecule has 0 aliphatic heterocycles. The average molecular weight is 291 g/mol. The SMILES string of the molecule is COc1ccc(C(C)NC(=O)c2ccccc2F)cc1F. The van der Waals surface area contributed by atoms with Gasteiger partial charge in [-0.1, -0.05) is 18.2 Å². The second-order valence-corrected chi connectivity index (χ2v) is 4.57. The third kappa shape index (κ3) is 3.37. The van der Waals surface area contributed by atoms with Crippen LogP contribution >= 0.6 is 0 Å². The number of halogens is 2. The van der Waals surface area contributed by atoms with Crippen LogP contribution in [0.3, 0.4) is 0 Å². The van der Waals surface area contributed by atoms with Crippen LogP contribution in [-0.4, -0.2) is 13.0 Å². The van der Waals surface area contributed by atoms with E-state index < -0.39 is 23.6 Å². The fourth-order valence-corrected chi connectivity index (χ4v) is 1.96. The first kappa shape index (κ1) is 15.0. The van der Waals surface area contributed by atoms with E-state index in [1.807, 2.05) is 0 Å². The molecule has 0 aliphatic carbocycles. The molecule has 0 saturated heterocycles. The number of amides is 1. The lowest BCUT2D eigenvalue weighted by Crippen LogP contribution is -2.27. The van der Waals surface area contributed by atoms with Crippen molar-refractivity contribution in [3.8, 4) is 5.75 Å². The second kappa shape index (κ2) is 6.35. The summed E-state index contributed by atoms with van der Waals surface area (Å²) in [5, 5.41) is 2.63. The van der Waals surface area contributed by atoms with Crippen LogP contribution in [0.2, 0.25) is 0 Å². The number of rotatable bonds is 4. The zero-order valence-electron chi connectivity index (χ0n) is 11.7. The lowest BCUT2D eigenvalue weighted by atomic mass is 10.1. The van der Waals surface area contributed by atoms with Crippen molar-refractivity contribution in [1.82, 2.24) is 5.32 Å². The predicted molar refractivity (Wildman–Crippen MR) is 75.2 cm³/mol. The topological polar surface area (TPSA) is 38.3 Å². The molecular weight excluding hydrogens is 276 g/mol. The Labute approximate surface area is 121 Å². The van der Waals surface area contributed by atoms with E-state index in [0.717, 1.165) is 0 Å². The summed E-state index contributed by atoms with van der Waals surface area (Å²) in [6.07, 6.45) is 0. The summed E-state index contributed by atoms with van der Waals surface area (Å²) < 4.78 is 32.0. The highest BCUT2D eigenvalue weighted by atomic mass is 19.1. The van der Waals surface area contributed by atoms with Gasteiger partial charge in [-0.25, -0.2) is 8.78 Å². The highest BCUT2D eigenvalue weighted by Crippen LogP contribution is 2.22. The normalized spacial score (nSPS) is 11.8. The fourth-order valence-electron chi connectivity index (χ4n) is 1.96. The third-order valence-electron chi connectivity index (χ3n) is 3.14. The zero-order valence-corrected chi connectivity index (χ0v) is 11.7. The summed E-state index contributed by atoms with van der Waals surface area (Å²) in [6, 6.07) is 9.65. The molecule has 5 heteroatoms. The molecule has 110 valence electrons. The smallest absolute Gasteiger partial charge is 0.254 e. The molecule has 1 unspecified atom stereocenters. The molecule has 2 aromatic carbocycles. The van der Waals surface area contributed by atoms with Crippen molar-refractivity contribution < 1.29 is 18.3 Å². The van der Waals surface area contributed by atoms with Gasteiger partial charge in [0.1, 0.15) is 5.82 Å². The Morgan fingerprint density at radius 1 is 1.14 bits per heavy atom. The Bertz CT molecular complexity index is 658. The molecule has 1 atom stereocenters. The molecule has 1 N–H and O–H groups in total. The Morgan fingerprint density at radius 3 is 2.48 bits per heavy atom. The molecule has 2 rings (SSSR count). The van der Waals surface area contributed by atoms with Crippen molar-refractivity contribution in [2.24, 2.45) is 0 Å². The Morgan fingerprint density at radius 2 is 1.86 bits per heavy atom. The first-order chi connectivity index (χ1) is 10.0. The van der Waals surface area contributed by atoms with Crippen LogP contribution in [0.15, 0.2) is 42.5 Å². The number of benzene rings is 2. The fraction of sp³-hybridized carbons (Fsp3) is 0.188. The van der Waals surface area contributed by atoms with Gasteiger partial charge in [-0.15, -0.1) is 0 Å². The van der Waals surface area contributed by atoms with Crippen molar-refractivity contribution in [2.75, 3.05) is 7.11 Å². The molecular formula is C16H15F2NO2. The number of hydrogen-bond donors (Lipinski definition) is 1. The van der Waals surface area contributed by atoms with Crippen LogP contribution in [0, 0.1) is 11.6 Å². The highest BCUT2D eigenvalue weighted by Gasteiger charge is 2.15. The number of carbonyl (C=O) groups excluding carboxylic acids is 1. The number of nitrogens with one attached hydrogen (secondary N) is 1. The van der Waals surface area contributed by atoms with E-state index in [1.165, 1.54) is 37.4 Å². The average Bonchev–Trinajstić information content (AvgIpc) is 2.47. The van der Waals surface area contributed by atoms with Crippen molar-refractivity contribution in [3.63, 3.8) is 0 Å². The molecule has 0 aromatic heterocycles. The molecule has 0 aliphatic rings. The van der Waals surface area contributed by atoms with E-state index in [2.05, 4.69) is 5.32 Å². The summed E-state index contributed by atoms with van der Waals surface area (Å²) >= 11 is 0. The van der Waals surface area contributed by atoms with Gasteiger partial charge >= 0.3 is 0 Å². The molecule has 3 nitrogen and oxygen atoms in total. The standard InChI is InChI=1S/C16H15F2NO2/c1-10(11-7-8-15(21-2)14(18)9-11)19-16(20)12-5-3-4-6-13(12)17/h3-10H,1-2H3,(H,19,20). The molecule has 2 aromatic rings. The van der Waals surface area contributed by atoms with Gasteiger partial charge in [0.25, 0.3) is 5.91 Å². The largest absolute Gasteiger partial charge is 0.494 e. The lowest BCUT2D eigenvalue weighted by molar-refractivity contribution is 0.0935. The number of methoxy groups -OCH3 is 1. The molecule has 0 bridgehead atoms. The van der Waals surface area contributed by atoms with Crippen molar-refractivity contribution in [1.29, 1.82) is 0 Å². The van der Waals surface area contributed by atoms with E-state index in [9.17, 15) is 13.6 Å².